The number of sulfonamides is 1. The molecule has 1 saturated carbocycles. The number of aliphatic hydroxyl groups is 1. The lowest BCUT2D eigenvalue weighted by atomic mass is 9.70. The number of allylic oxidation sites excluding steroid dienone is 1. The van der Waals surface area contributed by atoms with Crippen molar-refractivity contribution in [3.05, 3.63) is 70.3 Å². The molecule has 0 radical (unpaired) electrons. The van der Waals surface area contributed by atoms with Gasteiger partial charge >= 0.3 is 0 Å². The van der Waals surface area contributed by atoms with Gasteiger partial charge in [-0.3, -0.25) is 4.79 Å². The molecule has 0 saturated heterocycles. The second-order valence-corrected chi connectivity index (χ2v) is 12.5. The van der Waals surface area contributed by atoms with Crippen LogP contribution in [0, 0.1) is 11.8 Å². The normalized spacial score (nSPS) is 26.9. The molecule has 2 aromatic carbocycles. The highest BCUT2D eigenvalue weighted by molar-refractivity contribution is 7.90. The summed E-state index contributed by atoms with van der Waals surface area (Å²) in [6.07, 6.45) is 7.75. The third kappa shape index (κ3) is 6.13. The molecule has 37 heavy (non-hydrogen) atoms. The van der Waals surface area contributed by atoms with Crippen LogP contribution < -0.4 is 14.4 Å². The number of halogens is 1. The monoisotopic (exact) mass is 544 g/mol. The number of hydrogen-bond donors (Lipinski definition) is 2. The average Bonchev–Trinajstić information content (AvgIpc) is 2.87. The predicted octanol–water partition coefficient (Wildman–Crippen LogP) is 4.47. The molecule has 2 N–H and O–H groups in total. The lowest BCUT2D eigenvalue weighted by molar-refractivity contribution is 0.0461. The van der Waals surface area contributed by atoms with Crippen LogP contribution in [0.2, 0.25) is 5.02 Å². The standard InChI is InChI=1S/C28H33ClN2O5S/c29-23-10-7-22-18-36-27-12-9-20-16-25(27)31(13-3-1-5-19(22)15-23)17-21-8-11-24(21)26(32)6-2-4-14-37(34,35)30-28(20)33/h2,6-7,9-10,12,15-16,21,24,26,32H,1,3-5,8,11,13-14,17-18H2,(H,30,33)/b6-2+/t21-,24+,26-/m0/s1. The lowest BCUT2D eigenvalue weighted by Crippen LogP contribution is -2.43. The molecule has 2 aliphatic heterocycles. The number of aliphatic hydroxyl groups excluding tert-OH is 1. The van der Waals surface area contributed by atoms with Crippen LogP contribution >= 0.6 is 11.6 Å². The van der Waals surface area contributed by atoms with Crippen molar-refractivity contribution in [1.29, 1.82) is 0 Å². The van der Waals surface area contributed by atoms with Crippen LogP contribution in [0.1, 0.15) is 53.6 Å². The summed E-state index contributed by atoms with van der Waals surface area (Å²) in [7, 11) is -3.82. The maximum atomic E-state index is 12.9. The van der Waals surface area contributed by atoms with Gasteiger partial charge in [0.25, 0.3) is 5.91 Å². The van der Waals surface area contributed by atoms with Crippen molar-refractivity contribution in [3.8, 4) is 5.75 Å². The minimum atomic E-state index is -3.82. The zero-order chi connectivity index (χ0) is 26.0. The van der Waals surface area contributed by atoms with E-state index in [4.69, 9.17) is 16.3 Å². The Morgan fingerprint density at radius 2 is 1.95 bits per heavy atom. The molecule has 9 heteroatoms. The molecule has 0 unspecified atom stereocenters. The molecule has 2 heterocycles. The maximum Gasteiger partial charge on any atom is 0.264 e. The van der Waals surface area contributed by atoms with Crippen LogP contribution in [0.5, 0.6) is 5.75 Å². The van der Waals surface area contributed by atoms with Gasteiger partial charge in [0.15, 0.2) is 0 Å². The summed E-state index contributed by atoms with van der Waals surface area (Å²) in [5, 5.41) is 11.5. The first-order chi connectivity index (χ1) is 17.8. The molecule has 0 spiro atoms. The van der Waals surface area contributed by atoms with E-state index in [1.165, 1.54) is 5.56 Å². The van der Waals surface area contributed by atoms with Gasteiger partial charge in [-0.2, -0.15) is 0 Å². The van der Waals surface area contributed by atoms with Gasteiger partial charge in [-0.15, -0.1) is 0 Å². The zero-order valence-corrected chi connectivity index (χ0v) is 22.3. The van der Waals surface area contributed by atoms with E-state index >= 15 is 0 Å². The summed E-state index contributed by atoms with van der Waals surface area (Å²) in [5.41, 5.74) is 3.29. The van der Waals surface area contributed by atoms with Crippen molar-refractivity contribution in [3.63, 3.8) is 0 Å². The minimum Gasteiger partial charge on any atom is -0.487 e. The summed E-state index contributed by atoms with van der Waals surface area (Å²) in [4.78, 5) is 15.2. The van der Waals surface area contributed by atoms with E-state index in [2.05, 4.69) is 9.62 Å². The maximum absolute atomic E-state index is 12.9. The van der Waals surface area contributed by atoms with Crippen LogP contribution in [0.25, 0.3) is 0 Å². The number of fused-ring (bicyclic) bond motifs is 3. The van der Waals surface area contributed by atoms with Gasteiger partial charge in [0.05, 0.1) is 17.5 Å². The third-order valence-corrected chi connectivity index (χ3v) is 9.25. The molecule has 5 rings (SSSR count). The van der Waals surface area contributed by atoms with Gasteiger partial charge in [-0.1, -0.05) is 29.8 Å². The number of benzene rings is 2. The Kier molecular flexibility index (Phi) is 7.79. The molecule has 2 bridgehead atoms. The van der Waals surface area contributed by atoms with Gasteiger partial charge in [-0.25, -0.2) is 13.1 Å². The highest BCUT2D eigenvalue weighted by Crippen LogP contribution is 2.40. The molecule has 1 aliphatic carbocycles. The number of ether oxygens (including phenoxy) is 1. The summed E-state index contributed by atoms with van der Waals surface area (Å²) in [6, 6.07) is 11.0. The second kappa shape index (κ2) is 11.1. The van der Waals surface area contributed by atoms with Crippen molar-refractivity contribution in [2.45, 2.75) is 51.2 Å². The number of amides is 1. The van der Waals surface area contributed by atoms with Crippen molar-refractivity contribution >= 4 is 33.2 Å². The Balaban J connectivity index is 1.53. The minimum absolute atomic E-state index is 0.120. The Morgan fingerprint density at radius 1 is 1.08 bits per heavy atom. The number of nitrogens with one attached hydrogen (secondary N) is 1. The predicted molar refractivity (Wildman–Crippen MR) is 145 cm³/mol. The van der Waals surface area contributed by atoms with Gasteiger partial charge in [0.1, 0.15) is 12.4 Å². The second-order valence-electron chi connectivity index (χ2n) is 10.2. The van der Waals surface area contributed by atoms with Crippen molar-refractivity contribution in [1.82, 2.24) is 4.72 Å². The van der Waals surface area contributed by atoms with Gasteiger partial charge in [0.2, 0.25) is 10.0 Å². The van der Waals surface area contributed by atoms with Crippen LogP contribution in [0.15, 0.2) is 48.6 Å². The Hall–Kier alpha value is -2.55. The summed E-state index contributed by atoms with van der Waals surface area (Å²) >= 11 is 6.26. The van der Waals surface area contributed by atoms with E-state index in [1.807, 2.05) is 18.2 Å². The van der Waals surface area contributed by atoms with Crippen LogP contribution in [-0.4, -0.2) is 44.4 Å². The number of nitrogens with zero attached hydrogens (tertiary/aromatic N) is 1. The summed E-state index contributed by atoms with van der Waals surface area (Å²) in [6.45, 7) is 1.85. The molecular formula is C28H33ClN2O5S. The van der Waals surface area contributed by atoms with Crippen molar-refractivity contribution in [2.75, 3.05) is 23.7 Å². The molecule has 1 amide bonds. The van der Waals surface area contributed by atoms with E-state index in [0.717, 1.165) is 56.4 Å². The first-order valence-electron chi connectivity index (χ1n) is 13.0. The molecule has 1 fully saturated rings. The molecule has 7 nitrogen and oxygen atoms in total. The first-order valence-corrected chi connectivity index (χ1v) is 15.0. The van der Waals surface area contributed by atoms with Crippen molar-refractivity contribution < 1.29 is 23.1 Å². The smallest absolute Gasteiger partial charge is 0.264 e. The van der Waals surface area contributed by atoms with E-state index in [1.54, 1.807) is 30.4 Å². The fourth-order valence-electron chi connectivity index (χ4n) is 5.49. The highest BCUT2D eigenvalue weighted by Gasteiger charge is 2.37. The molecule has 3 atom stereocenters. The van der Waals surface area contributed by atoms with Gasteiger partial charge in [0, 0.05) is 23.7 Å². The number of rotatable bonds is 0. The molecular weight excluding hydrogens is 512 g/mol. The van der Waals surface area contributed by atoms with E-state index in [9.17, 15) is 18.3 Å². The molecule has 0 aromatic heterocycles. The van der Waals surface area contributed by atoms with Gasteiger partial charge in [-0.05, 0) is 91.8 Å². The lowest BCUT2D eigenvalue weighted by Gasteiger charge is -2.42. The number of carbonyl (C=O) groups excluding carboxylic acids is 1. The summed E-state index contributed by atoms with van der Waals surface area (Å²) < 4.78 is 33.5. The molecule has 3 aliphatic rings. The molecule has 198 valence electrons. The first kappa shape index (κ1) is 26.1. The van der Waals surface area contributed by atoms with Crippen LogP contribution in [-0.2, 0) is 23.1 Å². The van der Waals surface area contributed by atoms with Crippen molar-refractivity contribution in [2.24, 2.45) is 11.8 Å². The van der Waals surface area contributed by atoms with Crippen LogP contribution in [0.4, 0.5) is 5.69 Å². The average molecular weight is 545 g/mol. The van der Waals surface area contributed by atoms with E-state index in [-0.39, 0.29) is 23.7 Å². The Labute approximate surface area is 223 Å². The summed E-state index contributed by atoms with van der Waals surface area (Å²) in [5.74, 6) is 0.176. The largest absolute Gasteiger partial charge is 0.487 e. The quantitative estimate of drug-likeness (QED) is 0.475. The molecule has 2 aromatic rings. The Bertz CT molecular complexity index is 1300. The fourth-order valence-corrected chi connectivity index (χ4v) is 6.63. The van der Waals surface area contributed by atoms with E-state index in [0.29, 0.717) is 23.3 Å². The third-order valence-electron chi connectivity index (χ3n) is 7.74. The SMILES string of the molecule is O=C1NS(=O)(=O)CC/C=C/[C@H](O)[C@@H]2CC[C@H]2CN2CCCCc3cc(Cl)ccc3COc3ccc1cc32. The van der Waals surface area contributed by atoms with Gasteiger partial charge < -0.3 is 14.7 Å². The van der Waals surface area contributed by atoms with E-state index < -0.39 is 22.0 Å². The Morgan fingerprint density at radius 3 is 2.76 bits per heavy atom. The zero-order valence-electron chi connectivity index (χ0n) is 20.7. The number of anilines is 1. The number of hydrogen-bond acceptors (Lipinski definition) is 6. The van der Waals surface area contributed by atoms with Crippen LogP contribution in [0.3, 0.4) is 0 Å². The number of aryl methyl sites for hydroxylation is 1. The topological polar surface area (TPSA) is 95.9 Å². The highest BCUT2D eigenvalue weighted by atomic mass is 35.5. The fraction of sp³-hybridized carbons (Fsp3) is 0.464. The number of carbonyl (C=O) groups is 1.